The fraction of sp³-hybridized carbons (Fsp3) is 0.682. The van der Waals surface area contributed by atoms with Gasteiger partial charge in [0.2, 0.25) is 17.7 Å². The predicted octanol–water partition coefficient (Wildman–Crippen LogP) is 0.890. The van der Waals surface area contributed by atoms with Crippen LogP contribution in [0.3, 0.4) is 0 Å². The number of hydrogen-bond acceptors (Lipinski definition) is 5. The maximum absolute atomic E-state index is 13.9. The lowest BCUT2D eigenvalue weighted by Gasteiger charge is -2.41. The zero-order chi connectivity index (χ0) is 22.0. The summed E-state index contributed by atoms with van der Waals surface area (Å²) < 4.78 is -0.814. The third-order valence-corrected chi connectivity index (χ3v) is 8.59. The Morgan fingerprint density at radius 1 is 1.17 bits per heavy atom. The number of rotatable bonds is 2. The summed E-state index contributed by atoms with van der Waals surface area (Å²) >= 11 is 1.57. The summed E-state index contributed by atoms with van der Waals surface area (Å²) in [5.41, 5.74) is -0.411. The maximum Gasteiger partial charge on any atom is 0.247 e. The van der Waals surface area contributed by atoms with Crippen molar-refractivity contribution in [2.45, 2.75) is 55.3 Å². The van der Waals surface area contributed by atoms with Crippen LogP contribution in [-0.4, -0.2) is 91.9 Å². The minimum absolute atomic E-state index is 0.0530. The quantitative estimate of drug-likeness (QED) is 0.654. The third-order valence-electron chi connectivity index (χ3n) is 6.85. The highest BCUT2D eigenvalue weighted by Crippen LogP contribution is 2.61. The van der Waals surface area contributed by atoms with Gasteiger partial charge < -0.3 is 19.8 Å². The molecular formula is C22H31N3O4S. The molecule has 0 aliphatic carbocycles. The van der Waals surface area contributed by atoms with E-state index in [9.17, 15) is 19.5 Å². The Morgan fingerprint density at radius 3 is 2.50 bits per heavy atom. The fourth-order valence-electron chi connectivity index (χ4n) is 5.37. The smallest absolute Gasteiger partial charge is 0.247 e. The molecule has 3 amide bonds. The second-order valence-corrected chi connectivity index (χ2v) is 11.3. The highest BCUT2D eigenvalue weighted by Gasteiger charge is 2.71. The Labute approximate surface area is 182 Å². The highest BCUT2D eigenvalue weighted by atomic mass is 32.2. The number of amides is 3. The molecule has 0 aromatic carbocycles. The molecule has 4 heterocycles. The van der Waals surface area contributed by atoms with Crippen LogP contribution in [0.5, 0.6) is 0 Å². The lowest BCUT2D eigenvalue weighted by Crippen LogP contribution is -2.59. The van der Waals surface area contributed by atoms with Crippen molar-refractivity contribution in [3.05, 3.63) is 24.3 Å². The van der Waals surface area contributed by atoms with Crippen molar-refractivity contribution in [3.8, 4) is 0 Å². The second kappa shape index (κ2) is 7.12. The number of aliphatic hydroxyl groups excluding tert-OH is 1. The van der Waals surface area contributed by atoms with Gasteiger partial charge in [-0.2, -0.15) is 0 Å². The van der Waals surface area contributed by atoms with E-state index in [1.165, 1.54) is 0 Å². The molecule has 0 radical (unpaired) electrons. The second-order valence-electron chi connectivity index (χ2n) is 9.79. The molecule has 30 heavy (non-hydrogen) atoms. The van der Waals surface area contributed by atoms with E-state index in [1.807, 2.05) is 45.1 Å². The van der Waals surface area contributed by atoms with Gasteiger partial charge in [-0.25, -0.2) is 0 Å². The van der Waals surface area contributed by atoms with E-state index in [0.29, 0.717) is 13.1 Å². The number of carbonyl (C=O) groups is 3. The first-order valence-corrected chi connectivity index (χ1v) is 11.4. The lowest BCUT2D eigenvalue weighted by atomic mass is 9.78. The standard InChI is InChI=1S/C22H31N3O4S/c1-13(12-26)25-17-20(29)24(21(2,3)4)11-7-9-22(17)16(19(25)28)15-14(30-22)8-6-10-23(5)18(15)27/h6-9,13-17,26H,10-12H2,1-5H3/t13-,14-,15+,16+,17?,22+/m1/s1. The summed E-state index contributed by atoms with van der Waals surface area (Å²) in [5.74, 6) is -1.50. The topological polar surface area (TPSA) is 81.2 Å². The first kappa shape index (κ1) is 21.4. The number of fused-ring (bicyclic) bond motifs is 2. The Balaban J connectivity index is 1.88. The normalized spacial score (nSPS) is 37.1. The van der Waals surface area contributed by atoms with Gasteiger partial charge in [0.25, 0.3) is 0 Å². The van der Waals surface area contributed by atoms with Crippen LogP contribution in [-0.2, 0) is 14.4 Å². The Hall–Kier alpha value is -1.80. The molecule has 4 aliphatic heterocycles. The fourth-order valence-corrected chi connectivity index (χ4v) is 7.36. The van der Waals surface area contributed by atoms with E-state index in [0.717, 1.165) is 0 Å². The monoisotopic (exact) mass is 433 g/mol. The van der Waals surface area contributed by atoms with Gasteiger partial charge in [-0.15, -0.1) is 11.8 Å². The van der Waals surface area contributed by atoms with Crippen LogP contribution in [0.4, 0.5) is 0 Å². The van der Waals surface area contributed by atoms with Crippen LogP contribution < -0.4 is 0 Å². The highest BCUT2D eigenvalue weighted by molar-refractivity contribution is 8.02. The van der Waals surface area contributed by atoms with E-state index in [2.05, 4.69) is 0 Å². The van der Waals surface area contributed by atoms with Crippen molar-refractivity contribution >= 4 is 29.5 Å². The van der Waals surface area contributed by atoms with E-state index in [4.69, 9.17) is 0 Å². The SMILES string of the molecule is C[C@H](CO)N1C(=O)[C@@H]2[C@H]3C(=O)N(C)CC=C[C@H]3S[C@@]23C=CCN(C(C)(C)C)C(=O)C13. The van der Waals surface area contributed by atoms with Gasteiger partial charge in [0.1, 0.15) is 6.04 Å². The van der Waals surface area contributed by atoms with Crippen molar-refractivity contribution in [1.82, 2.24) is 14.7 Å². The molecular weight excluding hydrogens is 402 g/mol. The van der Waals surface area contributed by atoms with Crippen LogP contribution in [0.25, 0.3) is 0 Å². The van der Waals surface area contributed by atoms with E-state index in [-0.39, 0.29) is 29.6 Å². The molecule has 7 nitrogen and oxygen atoms in total. The van der Waals surface area contributed by atoms with Crippen molar-refractivity contribution < 1.29 is 19.5 Å². The van der Waals surface area contributed by atoms with Gasteiger partial charge >= 0.3 is 0 Å². The molecule has 4 aliphatic rings. The van der Waals surface area contributed by atoms with Crippen molar-refractivity contribution in [3.63, 3.8) is 0 Å². The number of thioether (sulfide) groups is 1. The number of likely N-dealkylation sites (N-methyl/N-ethyl adjacent to an activating group) is 1. The predicted molar refractivity (Wildman–Crippen MR) is 116 cm³/mol. The van der Waals surface area contributed by atoms with Gasteiger partial charge in [0, 0.05) is 30.9 Å². The average molecular weight is 434 g/mol. The largest absolute Gasteiger partial charge is 0.394 e. The number of hydrogen-bond donors (Lipinski definition) is 1. The third kappa shape index (κ3) is 2.87. The van der Waals surface area contributed by atoms with Gasteiger partial charge in [-0.05, 0) is 27.7 Å². The van der Waals surface area contributed by atoms with E-state index in [1.54, 1.807) is 40.4 Å². The van der Waals surface area contributed by atoms with Crippen LogP contribution in [0.15, 0.2) is 24.3 Å². The molecule has 6 atom stereocenters. The molecule has 164 valence electrons. The first-order chi connectivity index (χ1) is 14.0. The summed E-state index contributed by atoms with van der Waals surface area (Å²) in [5, 5.41) is 9.74. The molecule has 1 unspecified atom stereocenters. The van der Waals surface area contributed by atoms with Gasteiger partial charge in [-0.3, -0.25) is 14.4 Å². The average Bonchev–Trinajstić information content (AvgIpc) is 3.00. The van der Waals surface area contributed by atoms with Gasteiger partial charge in [0.05, 0.1) is 29.2 Å². The summed E-state index contributed by atoms with van der Waals surface area (Å²) in [7, 11) is 1.76. The van der Waals surface area contributed by atoms with Crippen molar-refractivity contribution in [2.75, 3.05) is 26.7 Å². The maximum atomic E-state index is 13.9. The molecule has 8 heteroatoms. The van der Waals surface area contributed by atoms with E-state index >= 15 is 0 Å². The van der Waals surface area contributed by atoms with Gasteiger partial charge in [-0.1, -0.05) is 24.3 Å². The number of likely N-dealkylation sites (tertiary alicyclic amines) is 1. The molecule has 4 rings (SSSR count). The molecule has 1 N–H and O–H groups in total. The molecule has 0 saturated carbocycles. The van der Waals surface area contributed by atoms with Crippen molar-refractivity contribution in [2.24, 2.45) is 11.8 Å². The first-order valence-electron chi connectivity index (χ1n) is 10.6. The molecule has 1 spiro atoms. The molecule has 0 aromatic heterocycles. The summed E-state index contributed by atoms with van der Waals surface area (Å²) in [6.07, 6.45) is 7.99. The Bertz CT molecular complexity index is 835. The number of aliphatic hydroxyl groups is 1. The zero-order valence-corrected chi connectivity index (χ0v) is 19.1. The summed E-state index contributed by atoms with van der Waals surface area (Å²) in [6, 6.07) is -1.24. The van der Waals surface area contributed by atoms with Crippen LogP contribution in [0, 0.1) is 11.8 Å². The minimum atomic E-state index is -0.814. The van der Waals surface area contributed by atoms with Crippen LogP contribution >= 0.6 is 11.8 Å². The number of carbonyl (C=O) groups excluding carboxylic acids is 3. The molecule has 0 aromatic rings. The number of nitrogens with zero attached hydrogens (tertiary/aromatic N) is 3. The summed E-state index contributed by atoms with van der Waals surface area (Å²) in [6.45, 7) is 8.46. The van der Waals surface area contributed by atoms with Crippen molar-refractivity contribution in [1.29, 1.82) is 0 Å². The lowest BCUT2D eigenvalue weighted by molar-refractivity contribution is -0.148. The van der Waals surface area contributed by atoms with Crippen LogP contribution in [0.2, 0.25) is 0 Å². The van der Waals surface area contributed by atoms with E-state index < -0.39 is 34.2 Å². The Kier molecular flexibility index (Phi) is 5.09. The van der Waals surface area contributed by atoms with Crippen LogP contribution in [0.1, 0.15) is 27.7 Å². The molecule has 2 fully saturated rings. The summed E-state index contributed by atoms with van der Waals surface area (Å²) in [4.78, 5) is 46.0. The zero-order valence-electron chi connectivity index (χ0n) is 18.2. The Morgan fingerprint density at radius 2 is 1.87 bits per heavy atom. The minimum Gasteiger partial charge on any atom is -0.394 e. The molecule has 0 bridgehead atoms. The molecule has 2 saturated heterocycles. The van der Waals surface area contributed by atoms with Gasteiger partial charge in [0.15, 0.2) is 0 Å².